The SMILES string of the molecule is Cc1ccc(CCC(=O)N[C@H]2C[C@H]3CC[C@@H]2C3)cc1. The molecule has 1 aromatic carbocycles. The van der Waals surface area contributed by atoms with Gasteiger partial charge in [-0.3, -0.25) is 4.79 Å². The molecule has 0 spiro atoms. The Morgan fingerprint density at radius 1 is 1.21 bits per heavy atom. The largest absolute Gasteiger partial charge is 0.353 e. The van der Waals surface area contributed by atoms with Crippen LogP contribution < -0.4 is 5.32 Å². The van der Waals surface area contributed by atoms with Gasteiger partial charge in [-0.25, -0.2) is 0 Å². The number of carbonyl (C=O) groups excluding carboxylic acids is 1. The molecule has 0 heterocycles. The van der Waals surface area contributed by atoms with Crippen LogP contribution >= 0.6 is 0 Å². The number of benzene rings is 1. The van der Waals surface area contributed by atoms with E-state index in [0.717, 1.165) is 18.3 Å². The molecule has 2 nitrogen and oxygen atoms in total. The second-order valence-corrected chi connectivity index (χ2v) is 6.33. The van der Waals surface area contributed by atoms with Crippen molar-refractivity contribution in [3.05, 3.63) is 35.4 Å². The van der Waals surface area contributed by atoms with Crippen LogP contribution in [0.5, 0.6) is 0 Å². The standard InChI is InChI=1S/C17H23NO/c1-12-2-4-13(5-3-12)7-9-17(19)18-16-11-14-6-8-15(16)10-14/h2-5,14-16H,6-11H2,1H3,(H,18,19)/t14-,15+,16-/m0/s1. The molecule has 2 fully saturated rings. The van der Waals surface area contributed by atoms with Crippen LogP contribution in [0, 0.1) is 18.8 Å². The Morgan fingerprint density at radius 3 is 2.63 bits per heavy atom. The van der Waals surface area contributed by atoms with Gasteiger partial charge in [-0.05, 0) is 50.0 Å². The van der Waals surface area contributed by atoms with Gasteiger partial charge in [-0.15, -0.1) is 0 Å². The molecule has 19 heavy (non-hydrogen) atoms. The van der Waals surface area contributed by atoms with E-state index in [4.69, 9.17) is 0 Å². The lowest BCUT2D eigenvalue weighted by molar-refractivity contribution is -0.122. The lowest BCUT2D eigenvalue weighted by Crippen LogP contribution is -2.38. The second kappa shape index (κ2) is 5.36. The summed E-state index contributed by atoms with van der Waals surface area (Å²) in [5.41, 5.74) is 2.53. The van der Waals surface area contributed by atoms with Crippen molar-refractivity contribution in [1.82, 2.24) is 5.32 Å². The first-order valence-corrected chi connectivity index (χ1v) is 7.55. The van der Waals surface area contributed by atoms with Crippen molar-refractivity contribution in [2.45, 2.75) is 51.5 Å². The third-order valence-electron chi connectivity index (χ3n) is 4.85. The Bertz CT molecular complexity index is 451. The lowest BCUT2D eigenvalue weighted by atomic mass is 9.95. The van der Waals surface area contributed by atoms with E-state index in [1.54, 1.807) is 0 Å². The summed E-state index contributed by atoms with van der Waals surface area (Å²) >= 11 is 0. The summed E-state index contributed by atoms with van der Waals surface area (Å²) in [4.78, 5) is 12.0. The first kappa shape index (κ1) is 12.7. The third kappa shape index (κ3) is 2.99. The Kier molecular flexibility index (Phi) is 3.58. The Balaban J connectivity index is 1.45. The molecule has 0 radical (unpaired) electrons. The monoisotopic (exact) mass is 257 g/mol. The highest BCUT2D eigenvalue weighted by molar-refractivity contribution is 5.76. The Morgan fingerprint density at radius 2 is 2.00 bits per heavy atom. The fourth-order valence-corrected chi connectivity index (χ4v) is 3.71. The Hall–Kier alpha value is -1.31. The molecule has 3 rings (SSSR count). The molecule has 2 saturated carbocycles. The van der Waals surface area contributed by atoms with E-state index in [1.807, 2.05) is 0 Å². The third-order valence-corrected chi connectivity index (χ3v) is 4.85. The van der Waals surface area contributed by atoms with E-state index in [2.05, 4.69) is 36.5 Å². The number of nitrogens with one attached hydrogen (secondary N) is 1. The predicted molar refractivity (Wildman–Crippen MR) is 76.9 cm³/mol. The summed E-state index contributed by atoms with van der Waals surface area (Å²) in [6.07, 6.45) is 6.77. The van der Waals surface area contributed by atoms with Crippen molar-refractivity contribution < 1.29 is 4.79 Å². The molecule has 0 aromatic heterocycles. The number of aryl methyl sites for hydroxylation is 2. The van der Waals surface area contributed by atoms with Gasteiger partial charge in [0.1, 0.15) is 0 Å². The lowest BCUT2D eigenvalue weighted by Gasteiger charge is -2.22. The van der Waals surface area contributed by atoms with Gasteiger partial charge in [-0.2, -0.15) is 0 Å². The van der Waals surface area contributed by atoms with Crippen LogP contribution in [0.15, 0.2) is 24.3 Å². The number of hydrogen-bond donors (Lipinski definition) is 1. The minimum Gasteiger partial charge on any atom is -0.353 e. The van der Waals surface area contributed by atoms with E-state index in [1.165, 1.54) is 36.8 Å². The second-order valence-electron chi connectivity index (χ2n) is 6.33. The molecule has 1 amide bonds. The number of rotatable bonds is 4. The van der Waals surface area contributed by atoms with Crippen LogP contribution in [-0.2, 0) is 11.2 Å². The summed E-state index contributed by atoms with van der Waals surface area (Å²) in [7, 11) is 0. The first-order chi connectivity index (χ1) is 9.20. The fraction of sp³-hybridized carbons (Fsp3) is 0.588. The first-order valence-electron chi connectivity index (χ1n) is 7.55. The highest BCUT2D eigenvalue weighted by atomic mass is 16.1. The molecule has 2 aliphatic rings. The Labute approximate surface area is 115 Å². The van der Waals surface area contributed by atoms with Gasteiger partial charge in [-0.1, -0.05) is 36.2 Å². The van der Waals surface area contributed by atoms with Gasteiger partial charge in [0, 0.05) is 12.5 Å². The van der Waals surface area contributed by atoms with Crippen molar-refractivity contribution in [3.63, 3.8) is 0 Å². The summed E-state index contributed by atoms with van der Waals surface area (Å²) in [6, 6.07) is 8.95. The van der Waals surface area contributed by atoms with Crippen molar-refractivity contribution in [1.29, 1.82) is 0 Å². The number of amides is 1. The minimum atomic E-state index is 0.234. The smallest absolute Gasteiger partial charge is 0.220 e. The van der Waals surface area contributed by atoms with E-state index >= 15 is 0 Å². The van der Waals surface area contributed by atoms with Crippen LogP contribution in [0.1, 0.15) is 43.2 Å². The number of hydrogen-bond acceptors (Lipinski definition) is 1. The minimum absolute atomic E-state index is 0.234. The van der Waals surface area contributed by atoms with E-state index < -0.39 is 0 Å². The molecule has 2 bridgehead atoms. The highest BCUT2D eigenvalue weighted by Crippen LogP contribution is 2.44. The van der Waals surface area contributed by atoms with Crippen LogP contribution in [0.25, 0.3) is 0 Å². The van der Waals surface area contributed by atoms with Crippen molar-refractivity contribution >= 4 is 5.91 Å². The van der Waals surface area contributed by atoms with E-state index in [9.17, 15) is 4.79 Å². The normalized spacial score (nSPS) is 28.6. The summed E-state index contributed by atoms with van der Waals surface area (Å²) in [5.74, 6) is 1.90. The summed E-state index contributed by atoms with van der Waals surface area (Å²) in [5, 5.41) is 3.25. The van der Waals surface area contributed by atoms with Gasteiger partial charge in [0.25, 0.3) is 0 Å². The highest BCUT2D eigenvalue weighted by Gasteiger charge is 2.39. The maximum absolute atomic E-state index is 12.0. The van der Waals surface area contributed by atoms with Gasteiger partial charge in [0.2, 0.25) is 5.91 Å². The fourth-order valence-electron chi connectivity index (χ4n) is 3.71. The van der Waals surface area contributed by atoms with E-state index in [0.29, 0.717) is 12.5 Å². The van der Waals surface area contributed by atoms with E-state index in [-0.39, 0.29) is 5.91 Å². The molecular formula is C17H23NO. The molecule has 3 atom stereocenters. The summed E-state index contributed by atoms with van der Waals surface area (Å²) in [6.45, 7) is 2.09. The van der Waals surface area contributed by atoms with Crippen molar-refractivity contribution in [2.24, 2.45) is 11.8 Å². The molecule has 1 aromatic rings. The predicted octanol–water partition coefficient (Wildman–Crippen LogP) is 3.23. The van der Waals surface area contributed by atoms with Crippen LogP contribution in [-0.4, -0.2) is 11.9 Å². The summed E-state index contributed by atoms with van der Waals surface area (Å²) < 4.78 is 0. The average Bonchev–Trinajstić information content (AvgIpc) is 3.00. The van der Waals surface area contributed by atoms with Crippen LogP contribution in [0.4, 0.5) is 0 Å². The molecule has 0 unspecified atom stereocenters. The molecule has 0 aliphatic heterocycles. The molecule has 2 heteroatoms. The van der Waals surface area contributed by atoms with Gasteiger partial charge in [0.05, 0.1) is 0 Å². The zero-order valence-corrected chi connectivity index (χ0v) is 11.7. The maximum Gasteiger partial charge on any atom is 0.220 e. The molecule has 102 valence electrons. The van der Waals surface area contributed by atoms with Crippen LogP contribution in [0.3, 0.4) is 0 Å². The van der Waals surface area contributed by atoms with Gasteiger partial charge >= 0.3 is 0 Å². The molecule has 2 aliphatic carbocycles. The average molecular weight is 257 g/mol. The molecule has 1 N–H and O–H groups in total. The molecule has 0 saturated heterocycles. The van der Waals surface area contributed by atoms with Gasteiger partial charge in [0.15, 0.2) is 0 Å². The topological polar surface area (TPSA) is 29.1 Å². The van der Waals surface area contributed by atoms with Crippen molar-refractivity contribution in [2.75, 3.05) is 0 Å². The number of carbonyl (C=O) groups is 1. The quantitative estimate of drug-likeness (QED) is 0.881. The number of fused-ring (bicyclic) bond motifs is 2. The molecular weight excluding hydrogens is 234 g/mol. The zero-order valence-electron chi connectivity index (χ0n) is 11.7. The zero-order chi connectivity index (χ0) is 13.2. The van der Waals surface area contributed by atoms with Gasteiger partial charge < -0.3 is 5.32 Å². The van der Waals surface area contributed by atoms with Crippen LogP contribution in [0.2, 0.25) is 0 Å². The van der Waals surface area contributed by atoms with Crippen molar-refractivity contribution in [3.8, 4) is 0 Å². The maximum atomic E-state index is 12.0.